The van der Waals surface area contributed by atoms with Crippen molar-refractivity contribution in [2.45, 2.75) is 32.2 Å². The lowest BCUT2D eigenvalue weighted by atomic mass is 9.84. The van der Waals surface area contributed by atoms with Crippen LogP contribution in [0.4, 0.5) is 0 Å². The molecule has 3 rings (SSSR count). The lowest BCUT2D eigenvalue weighted by Crippen LogP contribution is -2.68. The molecule has 2 aromatic carbocycles. The van der Waals surface area contributed by atoms with Crippen molar-refractivity contribution in [2.24, 2.45) is 5.41 Å². The topological polar surface area (TPSA) is 18.5 Å². The molecule has 0 spiro atoms. The van der Waals surface area contributed by atoms with E-state index in [1.165, 1.54) is 10.4 Å². The minimum absolute atomic E-state index is 0.00960. The summed E-state index contributed by atoms with van der Waals surface area (Å²) in [4.78, 5) is 0. The van der Waals surface area contributed by atoms with Gasteiger partial charge in [-0.3, -0.25) is 0 Å². The molecule has 1 aliphatic heterocycles. The predicted molar refractivity (Wildman–Crippen MR) is 112 cm³/mol. The molecule has 0 N–H and O–H groups in total. The zero-order chi connectivity index (χ0) is 18.7. The van der Waals surface area contributed by atoms with E-state index in [4.69, 9.17) is 9.16 Å². The van der Waals surface area contributed by atoms with Crippen LogP contribution in [0.1, 0.15) is 27.2 Å². The summed E-state index contributed by atoms with van der Waals surface area (Å²) in [6.07, 6.45) is 2.93. The van der Waals surface area contributed by atoms with Gasteiger partial charge in [-0.2, -0.15) is 0 Å². The van der Waals surface area contributed by atoms with E-state index in [0.29, 0.717) is 6.61 Å². The molecule has 26 heavy (non-hydrogen) atoms. The molecule has 2 nitrogen and oxygen atoms in total. The molecule has 1 saturated heterocycles. The highest BCUT2D eigenvalue weighted by Gasteiger charge is 2.52. The summed E-state index contributed by atoms with van der Waals surface area (Å²) in [7, 11) is -2.46. The number of allylic oxidation sites excluding steroid dienone is 1. The molecule has 138 valence electrons. The Morgan fingerprint density at radius 1 is 1.00 bits per heavy atom. The van der Waals surface area contributed by atoms with Crippen LogP contribution in [0.5, 0.6) is 0 Å². The zero-order valence-electron chi connectivity index (χ0n) is 16.2. The summed E-state index contributed by atoms with van der Waals surface area (Å²) in [5, 5.41) is 2.66. The van der Waals surface area contributed by atoms with Gasteiger partial charge in [0.25, 0.3) is 8.32 Å². The molecule has 0 saturated carbocycles. The second-order valence-electron chi connectivity index (χ2n) is 8.44. The van der Waals surface area contributed by atoms with Crippen molar-refractivity contribution < 1.29 is 9.16 Å². The largest absolute Gasteiger partial charge is 0.407 e. The van der Waals surface area contributed by atoms with Crippen LogP contribution >= 0.6 is 0 Å². The molecular formula is C23H30O2Si. The Morgan fingerprint density at radius 2 is 1.50 bits per heavy atom. The van der Waals surface area contributed by atoms with Gasteiger partial charge in [-0.05, 0) is 21.8 Å². The molecular weight excluding hydrogens is 336 g/mol. The second-order valence-corrected chi connectivity index (χ2v) is 12.7. The van der Waals surface area contributed by atoms with Gasteiger partial charge in [0.05, 0.1) is 13.2 Å². The number of hydrogen-bond acceptors (Lipinski definition) is 2. The molecule has 0 unspecified atom stereocenters. The smallest absolute Gasteiger partial charge is 0.261 e. The van der Waals surface area contributed by atoms with Gasteiger partial charge >= 0.3 is 0 Å². The first-order valence-corrected chi connectivity index (χ1v) is 11.3. The Kier molecular flexibility index (Phi) is 5.52. The number of ether oxygens (including phenoxy) is 1. The first kappa shape index (κ1) is 19.1. The average molecular weight is 367 g/mol. The summed E-state index contributed by atoms with van der Waals surface area (Å²) in [5.41, 5.74) is 0.0782. The van der Waals surface area contributed by atoms with Gasteiger partial charge in [-0.1, -0.05) is 87.5 Å². The van der Waals surface area contributed by atoms with Crippen LogP contribution in [-0.2, 0) is 9.16 Å². The minimum Gasteiger partial charge on any atom is -0.407 e. The van der Waals surface area contributed by atoms with Crippen molar-refractivity contribution in [1.82, 2.24) is 0 Å². The van der Waals surface area contributed by atoms with Crippen molar-refractivity contribution in [2.75, 3.05) is 19.8 Å². The van der Waals surface area contributed by atoms with Crippen LogP contribution in [-0.4, -0.2) is 28.1 Å². The van der Waals surface area contributed by atoms with Crippen molar-refractivity contribution in [3.8, 4) is 0 Å². The Labute approximate surface area is 159 Å². The zero-order valence-corrected chi connectivity index (χ0v) is 17.2. The van der Waals surface area contributed by atoms with E-state index in [9.17, 15) is 0 Å². The second kappa shape index (κ2) is 7.51. The number of rotatable bonds is 7. The van der Waals surface area contributed by atoms with E-state index in [1.54, 1.807) is 0 Å². The standard InChI is InChI=1S/C23H30O2Si/c1-5-16-23(17-24-18-23)19-25-26(22(2,3)4,20-12-8-6-9-13-20)21-14-10-7-11-15-21/h5-15H,1,16-19H2,2-4H3. The lowest BCUT2D eigenvalue weighted by Gasteiger charge is -2.48. The summed E-state index contributed by atoms with van der Waals surface area (Å²) >= 11 is 0. The Balaban J connectivity index is 2.07. The highest BCUT2D eigenvalue weighted by molar-refractivity contribution is 6.99. The fourth-order valence-corrected chi connectivity index (χ4v) is 8.66. The summed E-state index contributed by atoms with van der Waals surface area (Å²) in [6, 6.07) is 21.6. The van der Waals surface area contributed by atoms with Gasteiger partial charge in [-0.25, -0.2) is 0 Å². The van der Waals surface area contributed by atoms with E-state index in [0.717, 1.165) is 19.6 Å². The van der Waals surface area contributed by atoms with Crippen molar-refractivity contribution in [3.63, 3.8) is 0 Å². The van der Waals surface area contributed by atoms with Crippen molar-refractivity contribution in [3.05, 3.63) is 73.3 Å². The maximum Gasteiger partial charge on any atom is 0.261 e. The molecule has 1 heterocycles. The maximum absolute atomic E-state index is 7.04. The summed E-state index contributed by atoms with van der Waals surface area (Å²) < 4.78 is 12.6. The molecule has 0 bridgehead atoms. The van der Waals surface area contributed by atoms with Crippen LogP contribution in [0.25, 0.3) is 0 Å². The van der Waals surface area contributed by atoms with Gasteiger partial charge in [0.2, 0.25) is 0 Å². The number of hydrogen-bond donors (Lipinski definition) is 0. The Hall–Kier alpha value is -1.68. The van der Waals surface area contributed by atoms with E-state index >= 15 is 0 Å². The Morgan fingerprint density at radius 3 is 1.85 bits per heavy atom. The fraction of sp³-hybridized carbons (Fsp3) is 0.391. The monoisotopic (exact) mass is 366 g/mol. The van der Waals surface area contributed by atoms with Gasteiger partial charge in [0.15, 0.2) is 0 Å². The highest BCUT2D eigenvalue weighted by atomic mass is 28.4. The van der Waals surface area contributed by atoms with E-state index < -0.39 is 8.32 Å². The van der Waals surface area contributed by atoms with Crippen LogP contribution in [0.3, 0.4) is 0 Å². The predicted octanol–water partition coefficient (Wildman–Crippen LogP) is 4.16. The highest BCUT2D eigenvalue weighted by Crippen LogP contribution is 2.40. The van der Waals surface area contributed by atoms with Crippen molar-refractivity contribution >= 4 is 18.7 Å². The third kappa shape index (κ3) is 3.44. The molecule has 3 heteroatoms. The summed E-state index contributed by atoms with van der Waals surface area (Å²) in [6.45, 7) is 13.1. The molecule has 0 amide bonds. The van der Waals surface area contributed by atoms with Crippen LogP contribution < -0.4 is 10.4 Å². The maximum atomic E-state index is 7.04. The SMILES string of the molecule is C=CCC1(CO[Si](c2ccccc2)(c2ccccc2)C(C)(C)C)COC1. The normalized spacial score (nSPS) is 16.7. The van der Waals surface area contributed by atoms with E-state index in [2.05, 4.69) is 88.0 Å². The van der Waals surface area contributed by atoms with Gasteiger partial charge < -0.3 is 9.16 Å². The molecule has 0 aliphatic carbocycles. The number of benzene rings is 2. The minimum atomic E-state index is -2.46. The summed E-state index contributed by atoms with van der Waals surface area (Å²) in [5.74, 6) is 0. The quantitative estimate of drug-likeness (QED) is 0.541. The molecule has 2 aromatic rings. The Bertz CT molecular complexity index is 675. The van der Waals surface area contributed by atoms with Gasteiger partial charge in [0, 0.05) is 12.0 Å². The average Bonchev–Trinajstić information content (AvgIpc) is 2.60. The molecule has 1 aliphatic rings. The first-order valence-electron chi connectivity index (χ1n) is 9.37. The van der Waals surface area contributed by atoms with Gasteiger partial charge in [0.1, 0.15) is 0 Å². The fourth-order valence-electron chi connectivity index (χ4n) is 3.98. The van der Waals surface area contributed by atoms with Crippen LogP contribution in [0.15, 0.2) is 73.3 Å². The lowest BCUT2D eigenvalue weighted by molar-refractivity contribution is -0.131. The van der Waals surface area contributed by atoms with Crippen molar-refractivity contribution in [1.29, 1.82) is 0 Å². The van der Waals surface area contributed by atoms with Crippen LogP contribution in [0, 0.1) is 5.41 Å². The molecule has 0 aromatic heterocycles. The van der Waals surface area contributed by atoms with E-state index in [1.807, 2.05) is 6.08 Å². The first-order chi connectivity index (χ1) is 12.4. The van der Waals surface area contributed by atoms with Crippen LogP contribution in [0.2, 0.25) is 5.04 Å². The third-order valence-electron chi connectivity index (χ3n) is 5.41. The third-order valence-corrected chi connectivity index (χ3v) is 10.4. The molecule has 1 fully saturated rings. The van der Waals surface area contributed by atoms with E-state index in [-0.39, 0.29) is 10.5 Å². The molecule has 0 atom stereocenters. The van der Waals surface area contributed by atoms with Gasteiger partial charge in [-0.15, -0.1) is 6.58 Å². The molecule has 0 radical (unpaired) electrons.